The minimum absolute atomic E-state index is 0.0263. The number of H-pyrrole nitrogens is 1. The van der Waals surface area contributed by atoms with E-state index in [0.717, 1.165) is 67.2 Å². The molecule has 2 aromatic heterocycles. The molecule has 1 amide bonds. The number of nitrogens with one attached hydrogen (secondary N) is 2. The molecule has 3 aromatic rings. The predicted octanol–water partition coefficient (Wildman–Crippen LogP) is 5.03. The number of ether oxygens (including phenoxy) is 1. The van der Waals surface area contributed by atoms with E-state index in [2.05, 4.69) is 15.2 Å². The normalized spacial score (nSPS) is 18.0. The number of amides is 1. The number of carbonyl (C=O) groups is 1. The summed E-state index contributed by atoms with van der Waals surface area (Å²) in [5, 5.41) is 25.9. The average Bonchev–Trinajstić information content (AvgIpc) is 3.62. The summed E-state index contributed by atoms with van der Waals surface area (Å²) in [6.07, 6.45) is 9.76. The van der Waals surface area contributed by atoms with Crippen LogP contribution in [0.15, 0.2) is 28.4 Å². The second-order valence-electron chi connectivity index (χ2n) is 12.1. The van der Waals surface area contributed by atoms with Crippen LogP contribution in [0, 0.1) is 6.92 Å². The van der Waals surface area contributed by atoms with Crippen molar-refractivity contribution >= 4 is 38.8 Å². The van der Waals surface area contributed by atoms with E-state index < -0.39 is 6.10 Å². The molecule has 9 nitrogen and oxygen atoms in total. The van der Waals surface area contributed by atoms with Gasteiger partial charge in [0.05, 0.1) is 34.4 Å². The largest absolute Gasteiger partial charge is 0.506 e. The zero-order valence-electron chi connectivity index (χ0n) is 25.2. The number of aliphatic hydroxyl groups is 1. The highest BCUT2D eigenvalue weighted by Crippen LogP contribution is 2.33. The van der Waals surface area contributed by atoms with Gasteiger partial charge in [-0.15, -0.1) is 11.3 Å². The summed E-state index contributed by atoms with van der Waals surface area (Å²) in [5.41, 5.74) is 1.96. The van der Waals surface area contributed by atoms with Crippen molar-refractivity contribution in [2.24, 2.45) is 0 Å². The van der Waals surface area contributed by atoms with Crippen LogP contribution in [0.2, 0.25) is 0 Å². The molecule has 0 radical (unpaired) electrons. The van der Waals surface area contributed by atoms with Crippen molar-refractivity contribution in [3.8, 4) is 5.75 Å². The van der Waals surface area contributed by atoms with Gasteiger partial charge in [0.15, 0.2) is 0 Å². The van der Waals surface area contributed by atoms with Crippen LogP contribution in [0.5, 0.6) is 5.75 Å². The SMILES string of the molecule is Cc1ccsc1C(=O)N1CCOC2(CCN(CCCCCCCCCNC[C@H](O)c3ccc(O)c4[nH]c(=O)sc34)CC2)C1. The van der Waals surface area contributed by atoms with E-state index in [1.807, 2.05) is 23.3 Å². The summed E-state index contributed by atoms with van der Waals surface area (Å²) >= 11 is 2.56. The highest BCUT2D eigenvalue weighted by Gasteiger charge is 2.41. The highest BCUT2D eigenvalue weighted by molar-refractivity contribution is 7.16. The Labute approximate surface area is 261 Å². The first-order chi connectivity index (χ1) is 20.8. The number of unbranched alkanes of at least 4 members (excludes halogenated alkanes) is 6. The maximum absolute atomic E-state index is 13.0. The Bertz CT molecular complexity index is 1390. The monoisotopic (exact) mass is 630 g/mol. The highest BCUT2D eigenvalue weighted by atomic mass is 32.1. The number of nitrogens with zero attached hydrogens (tertiary/aromatic N) is 2. The van der Waals surface area contributed by atoms with Crippen LogP contribution < -0.4 is 10.2 Å². The van der Waals surface area contributed by atoms with Crippen molar-refractivity contribution < 1.29 is 19.7 Å². The molecule has 4 heterocycles. The average molecular weight is 631 g/mol. The molecule has 11 heteroatoms. The van der Waals surface area contributed by atoms with Gasteiger partial charge in [-0.3, -0.25) is 9.59 Å². The van der Waals surface area contributed by atoms with Crippen LogP contribution in [0.4, 0.5) is 0 Å². The third kappa shape index (κ3) is 8.26. The number of phenolic OH excluding ortho intramolecular Hbond substituents is 1. The minimum Gasteiger partial charge on any atom is -0.506 e. The van der Waals surface area contributed by atoms with E-state index in [4.69, 9.17) is 4.74 Å². The van der Waals surface area contributed by atoms with Gasteiger partial charge in [-0.2, -0.15) is 0 Å². The van der Waals surface area contributed by atoms with Gasteiger partial charge in [0, 0.05) is 31.7 Å². The standard InChI is InChI=1S/C32H46N4O5S2/c1-23-11-20-42-28(23)30(39)36-18-19-41-32(22-36)12-16-35(17-13-32)15-8-6-4-2-3-5-7-14-33-21-26(38)24-9-10-25(37)27-29(24)43-31(40)34-27/h9-11,20,26,33,37-38H,2-8,12-19,21-22H2,1H3,(H,34,40)/t26-/m0/s1. The van der Waals surface area contributed by atoms with Crippen molar-refractivity contribution in [1.82, 2.24) is 20.1 Å². The number of aliphatic hydroxyl groups excluding tert-OH is 1. The maximum atomic E-state index is 13.0. The molecule has 0 unspecified atom stereocenters. The van der Waals surface area contributed by atoms with Gasteiger partial charge in [-0.05, 0) is 68.8 Å². The number of phenols is 1. The summed E-state index contributed by atoms with van der Waals surface area (Å²) in [5.74, 6) is 0.191. The number of likely N-dealkylation sites (tertiary alicyclic amines) is 1. The van der Waals surface area contributed by atoms with Gasteiger partial charge in [0.25, 0.3) is 5.91 Å². The lowest BCUT2D eigenvalue weighted by atomic mass is 9.89. The number of thiophene rings is 1. The number of carbonyl (C=O) groups excluding carboxylic acids is 1. The summed E-state index contributed by atoms with van der Waals surface area (Å²) in [7, 11) is 0. The van der Waals surface area contributed by atoms with Gasteiger partial charge in [-0.25, -0.2) is 0 Å². The molecule has 2 aliphatic heterocycles. The van der Waals surface area contributed by atoms with Crippen molar-refractivity contribution in [2.75, 3.05) is 52.4 Å². The molecule has 2 fully saturated rings. The maximum Gasteiger partial charge on any atom is 0.305 e. The van der Waals surface area contributed by atoms with Crippen LogP contribution in [0.3, 0.4) is 0 Å². The molecule has 0 aliphatic carbocycles. The quantitative estimate of drug-likeness (QED) is 0.185. The molecule has 4 N–H and O–H groups in total. The van der Waals surface area contributed by atoms with Gasteiger partial charge < -0.3 is 35.1 Å². The molecule has 2 aliphatic rings. The number of morpholine rings is 1. The predicted molar refractivity (Wildman–Crippen MR) is 174 cm³/mol. The van der Waals surface area contributed by atoms with Crippen molar-refractivity contribution in [2.45, 2.75) is 76.4 Å². The van der Waals surface area contributed by atoms with Crippen LogP contribution >= 0.6 is 22.7 Å². The van der Waals surface area contributed by atoms with E-state index in [1.165, 1.54) is 44.6 Å². The number of aromatic hydroxyl groups is 1. The lowest BCUT2D eigenvalue weighted by molar-refractivity contribution is -0.127. The lowest BCUT2D eigenvalue weighted by Crippen LogP contribution is -2.58. The number of benzene rings is 1. The molecule has 43 heavy (non-hydrogen) atoms. The molecule has 0 bridgehead atoms. The van der Waals surface area contributed by atoms with E-state index >= 15 is 0 Å². The zero-order chi connectivity index (χ0) is 30.2. The van der Waals surface area contributed by atoms with Crippen molar-refractivity contribution in [3.05, 3.63) is 49.3 Å². The fourth-order valence-electron chi connectivity index (χ4n) is 6.36. The van der Waals surface area contributed by atoms with Crippen LogP contribution in [0.1, 0.15) is 84.7 Å². The Kier molecular flexibility index (Phi) is 11.3. The first-order valence-corrected chi connectivity index (χ1v) is 17.5. The van der Waals surface area contributed by atoms with Gasteiger partial charge in [0.1, 0.15) is 11.3 Å². The lowest BCUT2D eigenvalue weighted by Gasteiger charge is -2.47. The summed E-state index contributed by atoms with van der Waals surface area (Å²) in [6.45, 7) is 8.55. The Morgan fingerprint density at radius 1 is 1.09 bits per heavy atom. The van der Waals surface area contributed by atoms with E-state index in [9.17, 15) is 19.8 Å². The molecule has 1 atom stereocenters. The summed E-state index contributed by atoms with van der Waals surface area (Å²) in [4.78, 5) is 32.6. The number of thiazole rings is 1. The molecule has 236 valence electrons. The van der Waals surface area contributed by atoms with Gasteiger partial charge >= 0.3 is 4.87 Å². The number of fused-ring (bicyclic) bond motifs is 1. The summed E-state index contributed by atoms with van der Waals surface area (Å²) < 4.78 is 6.90. The molecule has 2 saturated heterocycles. The molecule has 0 saturated carbocycles. The number of piperidine rings is 1. The second kappa shape index (κ2) is 15.1. The number of aromatic amines is 1. The fourth-order valence-corrected chi connectivity index (χ4v) is 8.17. The van der Waals surface area contributed by atoms with Crippen molar-refractivity contribution in [3.63, 3.8) is 0 Å². The Balaban J connectivity index is 0.885. The number of hydrogen-bond acceptors (Lipinski definition) is 9. The first-order valence-electron chi connectivity index (χ1n) is 15.8. The number of aromatic nitrogens is 1. The van der Waals surface area contributed by atoms with E-state index in [0.29, 0.717) is 42.0 Å². The molecule has 5 rings (SSSR count). The second-order valence-corrected chi connectivity index (χ2v) is 14.0. The van der Waals surface area contributed by atoms with Crippen LogP contribution in [-0.2, 0) is 4.74 Å². The smallest absolute Gasteiger partial charge is 0.305 e. The number of hydrogen-bond donors (Lipinski definition) is 4. The number of aryl methyl sites for hydroxylation is 1. The Hall–Kier alpha value is -2.28. The van der Waals surface area contributed by atoms with Gasteiger partial charge in [-0.1, -0.05) is 49.5 Å². The fraction of sp³-hybridized carbons (Fsp3) is 0.625. The number of rotatable bonds is 14. The molecule has 1 spiro atoms. The van der Waals surface area contributed by atoms with Crippen molar-refractivity contribution in [1.29, 1.82) is 0 Å². The first kappa shape index (κ1) is 32.1. The Morgan fingerprint density at radius 3 is 2.58 bits per heavy atom. The molecular weight excluding hydrogens is 585 g/mol. The van der Waals surface area contributed by atoms with Gasteiger partial charge in [0.2, 0.25) is 0 Å². The summed E-state index contributed by atoms with van der Waals surface area (Å²) in [6, 6.07) is 5.23. The topological polar surface area (TPSA) is 118 Å². The van der Waals surface area contributed by atoms with E-state index in [1.54, 1.807) is 17.4 Å². The third-order valence-electron chi connectivity index (χ3n) is 8.97. The molecular formula is C32H46N4O5S2. The minimum atomic E-state index is -0.727. The van der Waals surface area contributed by atoms with Crippen LogP contribution in [-0.4, -0.2) is 88.9 Å². The van der Waals surface area contributed by atoms with E-state index in [-0.39, 0.29) is 22.1 Å². The molecule has 1 aromatic carbocycles. The van der Waals surface area contributed by atoms with Crippen LogP contribution in [0.25, 0.3) is 10.2 Å². The zero-order valence-corrected chi connectivity index (χ0v) is 26.9. The third-order valence-corrected chi connectivity index (χ3v) is 10.9. The Morgan fingerprint density at radius 2 is 1.84 bits per heavy atom.